The maximum absolute atomic E-state index is 12.4. The standard InChI is InChI=1S/C17H15NO4S/c1-10(19)13-7-15-16(22-9-21-15)8-14(13)18-17(20)11-3-5-12(23-2)6-4-11/h3-8H,9H2,1-2H3,(H,18,20). The maximum atomic E-state index is 12.4. The predicted molar refractivity (Wildman–Crippen MR) is 88.7 cm³/mol. The van der Waals surface area contributed by atoms with Crippen LogP contribution in [0, 0.1) is 0 Å². The van der Waals surface area contributed by atoms with Gasteiger partial charge in [0.25, 0.3) is 5.91 Å². The first kappa shape index (κ1) is 15.4. The zero-order chi connectivity index (χ0) is 16.4. The summed E-state index contributed by atoms with van der Waals surface area (Å²) in [6, 6.07) is 10.5. The lowest BCUT2D eigenvalue weighted by molar-refractivity contribution is 0.101. The van der Waals surface area contributed by atoms with Crippen LogP contribution in [-0.4, -0.2) is 24.7 Å². The molecular formula is C17H15NO4S. The van der Waals surface area contributed by atoms with Crippen molar-refractivity contribution in [3.8, 4) is 11.5 Å². The quantitative estimate of drug-likeness (QED) is 0.686. The summed E-state index contributed by atoms with van der Waals surface area (Å²) < 4.78 is 10.6. The Morgan fingerprint density at radius 3 is 2.35 bits per heavy atom. The molecule has 1 amide bonds. The molecule has 5 nitrogen and oxygen atoms in total. The first-order valence-electron chi connectivity index (χ1n) is 6.98. The molecule has 0 bridgehead atoms. The molecule has 1 aliphatic rings. The highest BCUT2D eigenvalue weighted by Crippen LogP contribution is 2.37. The van der Waals surface area contributed by atoms with E-state index in [1.165, 1.54) is 6.92 Å². The third-order valence-corrected chi connectivity index (χ3v) is 4.24. The molecule has 0 spiro atoms. The molecule has 0 aliphatic carbocycles. The largest absolute Gasteiger partial charge is 0.454 e. The van der Waals surface area contributed by atoms with Crippen molar-refractivity contribution in [2.24, 2.45) is 0 Å². The SMILES string of the molecule is CSc1ccc(C(=O)Nc2cc3c(cc2C(C)=O)OCO3)cc1. The lowest BCUT2D eigenvalue weighted by atomic mass is 10.1. The van der Waals surface area contributed by atoms with Gasteiger partial charge in [0.05, 0.1) is 5.69 Å². The minimum absolute atomic E-state index is 0.111. The molecule has 6 heteroatoms. The molecule has 0 fully saturated rings. The van der Waals surface area contributed by atoms with Crippen LogP contribution in [0.5, 0.6) is 11.5 Å². The van der Waals surface area contributed by atoms with E-state index in [0.717, 1.165) is 4.90 Å². The fraction of sp³-hybridized carbons (Fsp3) is 0.176. The Kier molecular flexibility index (Phi) is 4.25. The summed E-state index contributed by atoms with van der Waals surface area (Å²) in [4.78, 5) is 25.3. The molecule has 1 aliphatic heterocycles. The first-order valence-corrected chi connectivity index (χ1v) is 8.21. The van der Waals surface area contributed by atoms with Crippen LogP contribution in [0.25, 0.3) is 0 Å². The summed E-state index contributed by atoms with van der Waals surface area (Å²) in [5, 5.41) is 2.77. The molecule has 1 heterocycles. The van der Waals surface area contributed by atoms with Crippen molar-refractivity contribution in [3.05, 3.63) is 47.5 Å². The lowest BCUT2D eigenvalue weighted by Gasteiger charge is -2.11. The number of hydrogen-bond donors (Lipinski definition) is 1. The Balaban J connectivity index is 1.89. The van der Waals surface area contributed by atoms with Gasteiger partial charge in [0.1, 0.15) is 0 Å². The minimum Gasteiger partial charge on any atom is -0.454 e. The van der Waals surface area contributed by atoms with Gasteiger partial charge in [-0.1, -0.05) is 0 Å². The summed E-state index contributed by atoms with van der Waals surface area (Å²) >= 11 is 1.61. The number of carbonyl (C=O) groups excluding carboxylic acids is 2. The number of ketones is 1. The number of anilines is 1. The van der Waals surface area contributed by atoms with E-state index in [9.17, 15) is 9.59 Å². The van der Waals surface area contributed by atoms with Crippen LogP contribution in [0.4, 0.5) is 5.69 Å². The molecule has 1 N–H and O–H groups in total. The molecule has 0 radical (unpaired) electrons. The van der Waals surface area contributed by atoms with Gasteiger partial charge in [-0.25, -0.2) is 0 Å². The van der Waals surface area contributed by atoms with E-state index in [1.54, 1.807) is 36.0 Å². The number of nitrogens with one attached hydrogen (secondary N) is 1. The average Bonchev–Trinajstić information content (AvgIpc) is 3.01. The Morgan fingerprint density at radius 2 is 1.74 bits per heavy atom. The summed E-state index contributed by atoms with van der Waals surface area (Å²) in [5.41, 5.74) is 1.33. The van der Waals surface area contributed by atoms with E-state index in [-0.39, 0.29) is 18.5 Å². The van der Waals surface area contributed by atoms with Crippen molar-refractivity contribution in [2.45, 2.75) is 11.8 Å². The summed E-state index contributed by atoms with van der Waals surface area (Å²) in [6.07, 6.45) is 1.97. The van der Waals surface area contributed by atoms with Crippen molar-refractivity contribution in [2.75, 3.05) is 18.4 Å². The van der Waals surface area contributed by atoms with Crippen molar-refractivity contribution in [1.29, 1.82) is 0 Å². The monoisotopic (exact) mass is 329 g/mol. The van der Waals surface area contributed by atoms with E-state index in [2.05, 4.69) is 5.32 Å². The van der Waals surface area contributed by atoms with E-state index in [1.807, 2.05) is 18.4 Å². The predicted octanol–water partition coefficient (Wildman–Crippen LogP) is 3.59. The normalized spacial score (nSPS) is 12.1. The fourth-order valence-corrected chi connectivity index (χ4v) is 2.68. The Morgan fingerprint density at radius 1 is 1.09 bits per heavy atom. The second-order valence-corrected chi connectivity index (χ2v) is 5.87. The topological polar surface area (TPSA) is 64.6 Å². The summed E-state index contributed by atoms with van der Waals surface area (Å²) in [6.45, 7) is 1.56. The number of carbonyl (C=O) groups is 2. The van der Waals surface area contributed by atoms with Crippen molar-refractivity contribution in [1.82, 2.24) is 0 Å². The average molecular weight is 329 g/mol. The number of benzene rings is 2. The van der Waals surface area contributed by atoms with Gasteiger partial charge in [-0.05, 0) is 43.5 Å². The highest BCUT2D eigenvalue weighted by molar-refractivity contribution is 7.98. The van der Waals surface area contributed by atoms with Crippen LogP contribution in [-0.2, 0) is 0 Å². The molecule has 2 aromatic rings. The zero-order valence-electron chi connectivity index (χ0n) is 12.7. The van der Waals surface area contributed by atoms with Gasteiger partial charge < -0.3 is 14.8 Å². The highest BCUT2D eigenvalue weighted by Gasteiger charge is 2.20. The number of Topliss-reactive ketones (excluding diaryl/α,β-unsaturated/α-hetero) is 1. The van der Waals surface area contributed by atoms with Gasteiger partial charge >= 0.3 is 0 Å². The van der Waals surface area contributed by atoms with Crippen LogP contribution >= 0.6 is 11.8 Å². The summed E-state index contributed by atoms with van der Waals surface area (Å²) in [7, 11) is 0. The number of ether oxygens (including phenoxy) is 2. The molecule has 118 valence electrons. The Bertz CT molecular complexity index is 771. The third-order valence-electron chi connectivity index (χ3n) is 3.49. The lowest BCUT2D eigenvalue weighted by Crippen LogP contribution is -2.14. The molecule has 0 unspecified atom stereocenters. The minimum atomic E-state index is -0.279. The molecule has 0 saturated carbocycles. The van der Waals surface area contributed by atoms with Crippen LogP contribution in [0.1, 0.15) is 27.6 Å². The third kappa shape index (κ3) is 3.17. The first-order chi connectivity index (χ1) is 11.1. The second-order valence-electron chi connectivity index (χ2n) is 4.99. The number of fused-ring (bicyclic) bond motifs is 1. The number of thioether (sulfide) groups is 1. The van der Waals surface area contributed by atoms with Gasteiger partial charge in [-0.3, -0.25) is 9.59 Å². The smallest absolute Gasteiger partial charge is 0.255 e. The van der Waals surface area contributed by atoms with E-state index >= 15 is 0 Å². The van der Waals surface area contributed by atoms with E-state index in [0.29, 0.717) is 28.3 Å². The van der Waals surface area contributed by atoms with Crippen molar-refractivity contribution < 1.29 is 19.1 Å². The Hall–Kier alpha value is -2.47. The molecule has 0 aromatic heterocycles. The van der Waals surface area contributed by atoms with E-state index < -0.39 is 0 Å². The van der Waals surface area contributed by atoms with Crippen molar-refractivity contribution >= 4 is 29.1 Å². The van der Waals surface area contributed by atoms with E-state index in [4.69, 9.17) is 9.47 Å². The number of amides is 1. The maximum Gasteiger partial charge on any atom is 0.255 e. The van der Waals surface area contributed by atoms with Crippen LogP contribution in [0.3, 0.4) is 0 Å². The van der Waals surface area contributed by atoms with Crippen LogP contribution < -0.4 is 14.8 Å². The summed E-state index contributed by atoms with van der Waals surface area (Å²) in [5.74, 6) is 0.593. The Labute approximate surface area is 138 Å². The van der Waals surface area contributed by atoms with Gasteiger partial charge in [0, 0.05) is 22.1 Å². The van der Waals surface area contributed by atoms with Gasteiger partial charge in [-0.2, -0.15) is 0 Å². The van der Waals surface area contributed by atoms with Gasteiger partial charge in [0.2, 0.25) is 6.79 Å². The number of hydrogen-bond acceptors (Lipinski definition) is 5. The van der Waals surface area contributed by atoms with Crippen LogP contribution in [0.2, 0.25) is 0 Å². The molecular weight excluding hydrogens is 314 g/mol. The second kappa shape index (κ2) is 6.34. The molecule has 23 heavy (non-hydrogen) atoms. The molecule has 3 rings (SSSR count). The highest BCUT2D eigenvalue weighted by atomic mass is 32.2. The molecule has 0 saturated heterocycles. The molecule has 0 atom stereocenters. The van der Waals surface area contributed by atoms with Crippen LogP contribution in [0.15, 0.2) is 41.3 Å². The zero-order valence-corrected chi connectivity index (χ0v) is 13.5. The molecule has 2 aromatic carbocycles. The fourth-order valence-electron chi connectivity index (χ4n) is 2.27. The van der Waals surface area contributed by atoms with Gasteiger partial charge in [-0.15, -0.1) is 11.8 Å². The van der Waals surface area contributed by atoms with Gasteiger partial charge in [0.15, 0.2) is 17.3 Å². The van der Waals surface area contributed by atoms with Crippen molar-refractivity contribution in [3.63, 3.8) is 0 Å². The number of rotatable bonds is 4.